The van der Waals surface area contributed by atoms with Gasteiger partial charge >= 0.3 is 0 Å². The number of benzene rings is 2. The molecule has 30 heavy (non-hydrogen) atoms. The lowest BCUT2D eigenvalue weighted by atomic mass is 10.1. The zero-order valence-corrected chi connectivity index (χ0v) is 18.2. The Morgan fingerprint density at radius 2 is 1.70 bits per heavy atom. The predicted octanol–water partition coefficient (Wildman–Crippen LogP) is 3.57. The first-order valence-electron chi connectivity index (χ1n) is 10.5. The van der Waals surface area contributed by atoms with Crippen LogP contribution in [0.1, 0.15) is 47.4 Å². The number of anilines is 1. The van der Waals surface area contributed by atoms with Crippen molar-refractivity contribution in [3.05, 3.63) is 59.7 Å². The van der Waals surface area contributed by atoms with E-state index in [1.54, 1.807) is 24.3 Å². The number of nitrogens with zero attached hydrogens (tertiary/aromatic N) is 2. The van der Waals surface area contributed by atoms with Gasteiger partial charge in [0.1, 0.15) is 12.4 Å². The molecule has 0 saturated carbocycles. The van der Waals surface area contributed by atoms with Gasteiger partial charge in [0.15, 0.2) is 0 Å². The Balaban J connectivity index is 1.58. The van der Waals surface area contributed by atoms with Gasteiger partial charge in [-0.05, 0) is 75.2 Å². The molecule has 6 nitrogen and oxygen atoms in total. The van der Waals surface area contributed by atoms with E-state index < -0.39 is 0 Å². The van der Waals surface area contributed by atoms with Crippen LogP contribution in [0.3, 0.4) is 0 Å². The molecule has 6 heteroatoms. The molecule has 0 radical (unpaired) electrons. The summed E-state index contributed by atoms with van der Waals surface area (Å²) >= 11 is 0. The smallest absolute Gasteiger partial charge is 0.254 e. The van der Waals surface area contributed by atoms with Crippen LogP contribution in [0.5, 0.6) is 5.75 Å². The van der Waals surface area contributed by atoms with E-state index in [0.717, 1.165) is 25.1 Å². The van der Waals surface area contributed by atoms with E-state index in [1.807, 2.05) is 62.0 Å². The minimum absolute atomic E-state index is 0.0483. The lowest BCUT2D eigenvalue weighted by Gasteiger charge is -2.25. The van der Waals surface area contributed by atoms with Crippen molar-refractivity contribution in [1.29, 1.82) is 0 Å². The van der Waals surface area contributed by atoms with Crippen LogP contribution < -0.4 is 15.0 Å². The van der Waals surface area contributed by atoms with Crippen LogP contribution in [0, 0.1) is 0 Å². The number of amides is 2. The Labute approximate surface area is 178 Å². The minimum atomic E-state index is -0.0931. The lowest BCUT2D eigenvalue weighted by Crippen LogP contribution is -2.39. The van der Waals surface area contributed by atoms with Crippen molar-refractivity contribution in [3.63, 3.8) is 0 Å². The van der Waals surface area contributed by atoms with Gasteiger partial charge in [0, 0.05) is 43.5 Å². The molecule has 1 N–H and O–H groups in total. The van der Waals surface area contributed by atoms with Gasteiger partial charge in [-0.3, -0.25) is 9.59 Å². The van der Waals surface area contributed by atoms with Gasteiger partial charge in [0.05, 0.1) is 6.04 Å². The van der Waals surface area contributed by atoms with Crippen molar-refractivity contribution in [1.82, 2.24) is 10.2 Å². The van der Waals surface area contributed by atoms with E-state index in [1.165, 1.54) is 0 Å². The molecule has 1 atom stereocenters. The fourth-order valence-corrected chi connectivity index (χ4v) is 3.58. The van der Waals surface area contributed by atoms with Crippen LogP contribution in [0.2, 0.25) is 0 Å². The Hall–Kier alpha value is -3.02. The standard InChI is InChI=1S/C24H31N3O3/c1-17(2)25-23(28)18-9-13-22(14-10-18)30-16-21-6-5-15-27(21)24(29)19-7-11-20(12-8-19)26(3)4/h7-14,17,21H,5-6,15-16H2,1-4H3,(H,25,28). The van der Waals surface area contributed by atoms with Crippen LogP contribution in [-0.2, 0) is 0 Å². The molecule has 2 aromatic carbocycles. The topological polar surface area (TPSA) is 61.9 Å². The third-order valence-corrected chi connectivity index (χ3v) is 5.25. The van der Waals surface area contributed by atoms with E-state index in [2.05, 4.69) is 5.32 Å². The summed E-state index contributed by atoms with van der Waals surface area (Å²) in [4.78, 5) is 28.9. The van der Waals surface area contributed by atoms with Crippen molar-refractivity contribution in [3.8, 4) is 5.75 Å². The Morgan fingerprint density at radius 3 is 2.30 bits per heavy atom. The number of rotatable bonds is 7. The van der Waals surface area contributed by atoms with Gasteiger partial charge in [0.2, 0.25) is 0 Å². The molecule has 1 saturated heterocycles. The van der Waals surface area contributed by atoms with E-state index in [9.17, 15) is 9.59 Å². The van der Waals surface area contributed by atoms with Gasteiger partial charge in [-0.2, -0.15) is 0 Å². The predicted molar refractivity (Wildman–Crippen MR) is 119 cm³/mol. The van der Waals surface area contributed by atoms with Gasteiger partial charge in [-0.25, -0.2) is 0 Å². The lowest BCUT2D eigenvalue weighted by molar-refractivity contribution is 0.0691. The molecule has 1 heterocycles. The van der Waals surface area contributed by atoms with Crippen molar-refractivity contribution < 1.29 is 14.3 Å². The maximum atomic E-state index is 13.0. The van der Waals surface area contributed by atoms with E-state index >= 15 is 0 Å². The molecule has 0 bridgehead atoms. The molecular weight excluding hydrogens is 378 g/mol. The molecular formula is C24H31N3O3. The molecule has 1 aliphatic rings. The average molecular weight is 410 g/mol. The third-order valence-electron chi connectivity index (χ3n) is 5.25. The highest BCUT2D eigenvalue weighted by Gasteiger charge is 2.30. The SMILES string of the molecule is CC(C)NC(=O)c1ccc(OCC2CCCN2C(=O)c2ccc(N(C)C)cc2)cc1. The zero-order chi connectivity index (χ0) is 21.7. The molecule has 2 aromatic rings. The minimum Gasteiger partial charge on any atom is -0.491 e. The first-order chi connectivity index (χ1) is 14.3. The number of nitrogens with one attached hydrogen (secondary N) is 1. The summed E-state index contributed by atoms with van der Waals surface area (Å²) in [5.74, 6) is 0.655. The van der Waals surface area contributed by atoms with Gasteiger partial charge < -0.3 is 19.9 Å². The maximum Gasteiger partial charge on any atom is 0.254 e. The monoisotopic (exact) mass is 409 g/mol. The molecule has 1 unspecified atom stereocenters. The average Bonchev–Trinajstić information content (AvgIpc) is 3.20. The molecule has 160 valence electrons. The molecule has 1 aliphatic heterocycles. The van der Waals surface area contributed by atoms with E-state index in [0.29, 0.717) is 23.5 Å². The zero-order valence-electron chi connectivity index (χ0n) is 18.2. The largest absolute Gasteiger partial charge is 0.491 e. The molecule has 1 fully saturated rings. The van der Waals surface area contributed by atoms with Gasteiger partial charge in [-0.15, -0.1) is 0 Å². The summed E-state index contributed by atoms with van der Waals surface area (Å²) < 4.78 is 5.94. The first kappa shape index (κ1) is 21.7. The normalized spacial score (nSPS) is 15.9. The van der Waals surface area contributed by atoms with Crippen molar-refractivity contribution in [2.24, 2.45) is 0 Å². The second-order valence-corrected chi connectivity index (χ2v) is 8.20. The number of carbonyl (C=O) groups excluding carboxylic acids is 2. The van der Waals surface area contributed by atoms with E-state index in [-0.39, 0.29) is 23.9 Å². The summed E-state index contributed by atoms with van der Waals surface area (Å²) in [7, 11) is 3.96. The molecule has 3 rings (SSSR count). The van der Waals surface area contributed by atoms with Crippen LogP contribution in [0.25, 0.3) is 0 Å². The summed E-state index contributed by atoms with van der Waals surface area (Å²) in [5.41, 5.74) is 2.38. The fraction of sp³-hybridized carbons (Fsp3) is 0.417. The van der Waals surface area contributed by atoms with Crippen molar-refractivity contribution in [2.75, 3.05) is 32.1 Å². The summed E-state index contributed by atoms with van der Waals surface area (Å²) in [6.45, 7) is 5.05. The number of likely N-dealkylation sites (tertiary alicyclic amines) is 1. The summed E-state index contributed by atoms with van der Waals surface area (Å²) in [6.07, 6.45) is 1.90. The quantitative estimate of drug-likeness (QED) is 0.759. The highest BCUT2D eigenvalue weighted by atomic mass is 16.5. The second kappa shape index (κ2) is 9.65. The Morgan fingerprint density at radius 1 is 1.07 bits per heavy atom. The number of carbonyl (C=O) groups is 2. The number of hydrogen-bond acceptors (Lipinski definition) is 4. The molecule has 0 aliphatic carbocycles. The van der Waals surface area contributed by atoms with Crippen LogP contribution in [-0.4, -0.2) is 56.0 Å². The van der Waals surface area contributed by atoms with E-state index in [4.69, 9.17) is 4.74 Å². The Kier molecular flexibility index (Phi) is 6.98. The van der Waals surface area contributed by atoms with Crippen LogP contribution >= 0.6 is 0 Å². The fourth-order valence-electron chi connectivity index (χ4n) is 3.58. The third kappa shape index (κ3) is 5.32. The first-order valence-corrected chi connectivity index (χ1v) is 10.5. The molecule has 0 aromatic heterocycles. The number of hydrogen-bond donors (Lipinski definition) is 1. The molecule has 0 spiro atoms. The van der Waals surface area contributed by atoms with Crippen molar-refractivity contribution in [2.45, 2.75) is 38.8 Å². The van der Waals surface area contributed by atoms with Crippen LogP contribution in [0.15, 0.2) is 48.5 Å². The highest BCUT2D eigenvalue weighted by molar-refractivity contribution is 5.95. The highest BCUT2D eigenvalue weighted by Crippen LogP contribution is 2.23. The molecule has 2 amide bonds. The Bertz CT molecular complexity index is 860. The maximum absolute atomic E-state index is 13.0. The number of ether oxygens (including phenoxy) is 1. The summed E-state index contributed by atoms with van der Waals surface area (Å²) in [6, 6.07) is 15.0. The summed E-state index contributed by atoms with van der Waals surface area (Å²) in [5, 5.41) is 2.87. The van der Waals surface area contributed by atoms with Crippen molar-refractivity contribution >= 4 is 17.5 Å². The van der Waals surface area contributed by atoms with Crippen LogP contribution in [0.4, 0.5) is 5.69 Å². The van der Waals surface area contributed by atoms with Gasteiger partial charge in [0.25, 0.3) is 11.8 Å². The second-order valence-electron chi connectivity index (χ2n) is 8.20. The van der Waals surface area contributed by atoms with Gasteiger partial charge in [-0.1, -0.05) is 0 Å².